The molecule has 5 aromatic rings. The summed E-state index contributed by atoms with van der Waals surface area (Å²) in [5.41, 5.74) is 5.27. The van der Waals surface area contributed by atoms with Gasteiger partial charge in [0.05, 0.1) is 12.4 Å². The van der Waals surface area contributed by atoms with Crippen LogP contribution in [0.1, 0.15) is 21.6 Å². The van der Waals surface area contributed by atoms with E-state index in [1.165, 1.54) is 0 Å². The van der Waals surface area contributed by atoms with Crippen LogP contribution in [0.5, 0.6) is 0 Å². The van der Waals surface area contributed by atoms with Crippen LogP contribution >= 0.6 is 0 Å². The molecule has 4 heterocycles. The summed E-state index contributed by atoms with van der Waals surface area (Å²) in [7, 11) is 0. The minimum Gasteiger partial charge on any atom is -0.422 e. The van der Waals surface area contributed by atoms with Crippen LogP contribution in [0.2, 0.25) is 0 Å². The maximum absolute atomic E-state index is 12.8. The Balaban J connectivity index is 1.33. The average molecular weight is 398 g/mol. The van der Waals surface area contributed by atoms with Gasteiger partial charge in [0, 0.05) is 24.6 Å². The molecule has 0 aliphatic carbocycles. The molecule has 0 fully saturated rings. The normalized spacial score (nSPS) is 11.1. The molecule has 30 heavy (non-hydrogen) atoms. The highest BCUT2D eigenvalue weighted by molar-refractivity contribution is 6.03. The Morgan fingerprint density at radius 3 is 3.00 bits per heavy atom. The van der Waals surface area contributed by atoms with Crippen LogP contribution in [-0.4, -0.2) is 25.3 Å². The summed E-state index contributed by atoms with van der Waals surface area (Å²) in [4.78, 5) is 25.5. The zero-order valence-corrected chi connectivity index (χ0v) is 16.2. The zero-order valence-electron chi connectivity index (χ0n) is 16.2. The Morgan fingerprint density at radius 1 is 1.17 bits per heavy atom. The summed E-state index contributed by atoms with van der Waals surface area (Å²) in [6.45, 7) is 2.45. The average Bonchev–Trinajstić information content (AvgIpc) is 3.38. The second-order valence-electron chi connectivity index (χ2n) is 6.89. The van der Waals surface area contributed by atoms with Crippen molar-refractivity contribution in [2.45, 2.75) is 13.5 Å². The van der Waals surface area contributed by atoms with Crippen molar-refractivity contribution in [3.63, 3.8) is 0 Å². The molecule has 0 atom stereocenters. The SMILES string of the molecule is Cc1ccc(CNc2nc3ccncc3o2)cc1NC(=O)c1cnc2ccccn12. The van der Waals surface area contributed by atoms with Crippen LogP contribution in [0.15, 0.2) is 71.7 Å². The van der Waals surface area contributed by atoms with E-state index in [1.54, 1.807) is 29.1 Å². The van der Waals surface area contributed by atoms with E-state index in [9.17, 15) is 4.79 Å². The molecule has 4 aromatic heterocycles. The Bertz CT molecular complexity index is 1340. The van der Waals surface area contributed by atoms with E-state index >= 15 is 0 Å². The lowest BCUT2D eigenvalue weighted by atomic mass is 10.1. The Labute approximate surface area is 171 Å². The number of imidazole rings is 1. The lowest BCUT2D eigenvalue weighted by Gasteiger charge is -2.11. The number of amides is 1. The van der Waals surface area contributed by atoms with Crippen LogP contribution in [0.25, 0.3) is 16.7 Å². The summed E-state index contributed by atoms with van der Waals surface area (Å²) in [5, 5.41) is 6.16. The number of nitrogens with one attached hydrogen (secondary N) is 2. The number of hydrogen-bond acceptors (Lipinski definition) is 6. The van der Waals surface area contributed by atoms with Gasteiger partial charge in [-0.15, -0.1) is 0 Å². The van der Waals surface area contributed by atoms with Gasteiger partial charge in [-0.05, 0) is 42.3 Å². The quantitative estimate of drug-likeness (QED) is 0.464. The predicted octanol–water partition coefficient (Wildman–Crippen LogP) is 4.04. The molecule has 0 saturated carbocycles. The predicted molar refractivity (Wildman–Crippen MR) is 113 cm³/mol. The topological polar surface area (TPSA) is 97.4 Å². The number of fused-ring (bicyclic) bond motifs is 2. The molecule has 1 amide bonds. The van der Waals surface area contributed by atoms with Crippen molar-refractivity contribution in [2.75, 3.05) is 10.6 Å². The van der Waals surface area contributed by atoms with Gasteiger partial charge in [-0.2, -0.15) is 4.98 Å². The van der Waals surface area contributed by atoms with Gasteiger partial charge in [-0.25, -0.2) is 4.98 Å². The second kappa shape index (κ2) is 7.32. The number of oxazole rings is 1. The van der Waals surface area contributed by atoms with E-state index < -0.39 is 0 Å². The second-order valence-corrected chi connectivity index (χ2v) is 6.89. The zero-order chi connectivity index (χ0) is 20.5. The van der Waals surface area contributed by atoms with Gasteiger partial charge in [0.2, 0.25) is 0 Å². The molecule has 0 bridgehead atoms. The van der Waals surface area contributed by atoms with Gasteiger partial charge >= 0.3 is 0 Å². The first-order chi connectivity index (χ1) is 14.7. The van der Waals surface area contributed by atoms with Crippen molar-refractivity contribution in [1.29, 1.82) is 0 Å². The molecule has 5 rings (SSSR count). The maximum atomic E-state index is 12.8. The van der Waals surface area contributed by atoms with E-state index in [-0.39, 0.29) is 5.91 Å². The van der Waals surface area contributed by atoms with Crippen LogP contribution in [0.4, 0.5) is 11.7 Å². The van der Waals surface area contributed by atoms with E-state index in [0.29, 0.717) is 23.8 Å². The van der Waals surface area contributed by atoms with Gasteiger partial charge in [0.1, 0.15) is 16.9 Å². The fourth-order valence-corrected chi connectivity index (χ4v) is 3.23. The summed E-state index contributed by atoms with van der Waals surface area (Å²) >= 11 is 0. The minimum absolute atomic E-state index is 0.214. The molecular formula is C22H18N6O2. The summed E-state index contributed by atoms with van der Waals surface area (Å²) < 4.78 is 7.40. The van der Waals surface area contributed by atoms with Crippen molar-refractivity contribution in [3.05, 3.63) is 84.1 Å². The number of carbonyl (C=O) groups excluding carboxylic acids is 1. The van der Waals surface area contributed by atoms with E-state index in [2.05, 4.69) is 25.6 Å². The Hall–Kier alpha value is -4.20. The number of anilines is 2. The van der Waals surface area contributed by atoms with Crippen LogP contribution in [-0.2, 0) is 6.54 Å². The summed E-state index contributed by atoms with van der Waals surface area (Å²) in [6, 6.07) is 13.7. The Morgan fingerprint density at radius 2 is 2.10 bits per heavy atom. The highest BCUT2D eigenvalue weighted by Gasteiger charge is 2.13. The fourth-order valence-electron chi connectivity index (χ4n) is 3.23. The number of nitrogens with zero attached hydrogens (tertiary/aromatic N) is 4. The first-order valence-corrected chi connectivity index (χ1v) is 9.45. The molecule has 8 nitrogen and oxygen atoms in total. The molecule has 0 aliphatic rings. The van der Waals surface area contributed by atoms with Crippen molar-refractivity contribution in [1.82, 2.24) is 19.4 Å². The molecule has 0 saturated heterocycles. The fraction of sp³-hybridized carbons (Fsp3) is 0.0909. The van der Waals surface area contributed by atoms with Gasteiger partial charge in [-0.3, -0.25) is 14.2 Å². The monoisotopic (exact) mass is 398 g/mol. The standard InChI is InChI=1S/C22H18N6O2/c1-14-5-6-15(11-25-22-27-16-7-8-23-13-19(16)30-22)10-17(14)26-21(29)18-12-24-20-4-2-3-9-28(18)20/h2-10,12-13H,11H2,1H3,(H,25,27)(H,26,29). The van der Waals surface area contributed by atoms with Crippen molar-refractivity contribution in [2.24, 2.45) is 0 Å². The first kappa shape index (κ1) is 17.9. The number of aryl methyl sites for hydroxylation is 1. The third-order valence-corrected chi connectivity index (χ3v) is 4.83. The largest absolute Gasteiger partial charge is 0.422 e. The van der Waals surface area contributed by atoms with Crippen LogP contribution in [0, 0.1) is 6.92 Å². The molecule has 2 N–H and O–H groups in total. The van der Waals surface area contributed by atoms with Crippen molar-refractivity contribution >= 4 is 34.4 Å². The van der Waals surface area contributed by atoms with E-state index in [0.717, 1.165) is 28.0 Å². The highest BCUT2D eigenvalue weighted by atomic mass is 16.4. The maximum Gasteiger partial charge on any atom is 0.296 e. The van der Waals surface area contributed by atoms with Gasteiger partial charge in [-0.1, -0.05) is 18.2 Å². The number of hydrogen-bond donors (Lipinski definition) is 2. The van der Waals surface area contributed by atoms with Gasteiger partial charge < -0.3 is 15.1 Å². The van der Waals surface area contributed by atoms with Crippen molar-refractivity contribution < 1.29 is 9.21 Å². The molecule has 0 spiro atoms. The van der Waals surface area contributed by atoms with Gasteiger partial charge in [0.25, 0.3) is 11.9 Å². The van der Waals surface area contributed by atoms with Crippen LogP contribution < -0.4 is 10.6 Å². The number of pyridine rings is 2. The lowest BCUT2D eigenvalue weighted by Crippen LogP contribution is -2.15. The molecule has 148 valence electrons. The minimum atomic E-state index is -0.214. The molecule has 0 radical (unpaired) electrons. The number of benzene rings is 1. The number of carbonyl (C=O) groups is 1. The number of aromatic nitrogens is 4. The summed E-state index contributed by atoms with van der Waals surface area (Å²) in [5.74, 6) is -0.214. The first-order valence-electron chi connectivity index (χ1n) is 9.45. The molecule has 0 unspecified atom stereocenters. The third-order valence-electron chi connectivity index (χ3n) is 4.83. The number of rotatable bonds is 5. The molecule has 8 heteroatoms. The Kier molecular flexibility index (Phi) is 4.36. The van der Waals surface area contributed by atoms with Crippen molar-refractivity contribution in [3.8, 4) is 0 Å². The smallest absolute Gasteiger partial charge is 0.296 e. The molecular weight excluding hydrogens is 380 g/mol. The third kappa shape index (κ3) is 3.35. The molecule has 1 aromatic carbocycles. The van der Waals surface area contributed by atoms with Crippen LogP contribution in [0.3, 0.4) is 0 Å². The van der Waals surface area contributed by atoms with E-state index in [4.69, 9.17) is 4.42 Å². The molecule has 0 aliphatic heterocycles. The lowest BCUT2D eigenvalue weighted by molar-refractivity contribution is 0.102. The summed E-state index contributed by atoms with van der Waals surface area (Å²) in [6.07, 6.45) is 6.70. The van der Waals surface area contributed by atoms with E-state index in [1.807, 2.05) is 49.5 Å². The van der Waals surface area contributed by atoms with Gasteiger partial charge in [0.15, 0.2) is 5.58 Å². The highest BCUT2D eigenvalue weighted by Crippen LogP contribution is 2.21.